The second kappa shape index (κ2) is 7.66. The van der Waals surface area contributed by atoms with Gasteiger partial charge in [0.1, 0.15) is 6.10 Å². The molecule has 0 bridgehead atoms. The lowest BCUT2D eigenvalue weighted by Crippen LogP contribution is -2.31. The van der Waals surface area contributed by atoms with Crippen LogP contribution in [-0.4, -0.2) is 34.7 Å². The molecular weight excluding hydrogens is 252 g/mol. The molecule has 0 heterocycles. The van der Waals surface area contributed by atoms with Crippen LogP contribution in [0.2, 0.25) is 0 Å². The molecule has 0 aliphatic heterocycles. The number of carbonyl (C=O) groups excluding carboxylic acids is 3. The van der Waals surface area contributed by atoms with Crippen molar-refractivity contribution in [3.05, 3.63) is 0 Å². The van der Waals surface area contributed by atoms with Crippen LogP contribution in [0.1, 0.15) is 40.5 Å². The number of carboxylic acid groups (broad SMARTS) is 1. The fourth-order valence-electron chi connectivity index (χ4n) is 1.42. The van der Waals surface area contributed by atoms with Crippen molar-refractivity contribution >= 4 is 23.5 Å². The van der Waals surface area contributed by atoms with Crippen LogP contribution in [-0.2, 0) is 23.9 Å². The Morgan fingerprint density at radius 3 is 1.89 bits per heavy atom. The van der Waals surface area contributed by atoms with Crippen LogP contribution in [0.25, 0.3) is 0 Å². The predicted molar refractivity (Wildman–Crippen MR) is 66.4 cm³/mol. The minimum atomic E-state index is -1.73. The molecule has 6 nitrogen and oxygen atoms in total. The molecule has 0 fully saturated rings. The van der Waals surface area contributed by atoms with E-state index in [0.29, 0.717) is 6.42 Å². The number of aliphatic carboxylic acids is 1. The van der Waals surface area contributed by atoms with E-state index in [4.69, 9.17) is 9.84 Å². The Hall–Kier alpha value is -1.72. The van der Waals surface area contributed by atoms with Crippen LogP contribution >= 0.6 is 0 Å². The van der Waals surface area contributed by atoms with Gasteiger partial charge in [-0.15, -0.1) is 0 Å². The summed E-state index contributed by atoms with van der Waals surface area (Å²) in [5, 5.41) is 8.35. The molecular formula is C13H20O6. The average Bonchev–Trinajstić information content (AvgIpc) is 2.26. The van der Waals surface area contributed by atoms with Crippen molar-refractivity contribution in [2.45, 2.75) is 46.6 Å². The lowest BCUT2D eigenvalue weighted by Gasteiger charge is -2.22. The van der Waals surface area contributed by atoms with Crippen molar-refractivity contribution in [1.82, 2.24) is 0 Å². The first-order chi connectivity index (χ1) is 8.65. The molecule has 0 aromatic heterocycles. The maximum atomic E-state index is 11.5. The number of carbonyl (C=O) groups is 4. The molecule has 0 amide bonds. The third kappa shape index (κ3) is 6.69. The molecule has 0 aliphatic carbocycles. The number of ketones is 2. The predicted octanol–water partition coefficient (Wildman–Crippen LogP) is 1.21. The van der Waals surface area contributed by atoms with Gasteiger partial charge in [-0.25, -0.2) is 9.59 Å². The van der Waals surface area contributed by atoms with Gasteiger partial charge in [0.05, 0.1) is 6.42 Å². The molecule has 0 aliphatic rings. The van der Waals surface area contributed by atoms with Crippen molar-refractivity contribution in [2.75, 3.05) is 0 Å². The van der Waals surface area contributed by atoms with Crippen molar-refractivity contribution < 1.29 is 29.0 Å². The summed E-state index contributed by atoms with van der Waals surface area (Å²) in [6.07, 6.45) is -0.777. The van der Waals surface area contributed by atoms with Crippen LogP contribution < -0.4 is 0 Å². The van der Waals surface area contributed by atoms with Crippen molar-refractivity contribution in [3.8, 4) is 0 Å². The molecule has 1 N–H and O–H groups in total. The molecule has 0 spiro atoms. The van der Waals surface area contributed by atoms with E-state index in [0.717, 1.165) is 0 Å². The highest BCUT2D eigenvalue weighted by Crippen LogP contribution is 2.16. The number of rotatable bonds is 8. The quantitative estimate of drug-likeness (QED) is 0.405. The van der Waals surface area contributed by atoms with Crippen molar-refractivity contribution in [2.24, 2.45) is 11.8 Å². The number of hydrogen-bond donors (Lipinski definition) is 1. The summed E-state index contributed by atoms with van der Waals surface area (Å²) in [5.41, 5.74) is 0. The molecule has 0 radical (unpaired) electrons. The van der Waals surface area contributed by atoms with E-state index < -0.39 is 36.0 Å². The molecule has 1 unspecified atom stereocenters. The van der Waals surface area contributed by atoms with Gasteiger partial charge in [-0.1, -0.05) is 27.7 Å². The highest BCUT2D eigenvalue weighted by atomic mass is 16.5. The van der Waals surface area contributed by atoms with Gasteiger partial charge >= 0.3 is 11.9 Å². The molecule has 108 valence electrons. The summed E-state index contributed by atoms with van der Waals surface area (Å²) in [6.45, 7) is 7.62. The lowest BCUT2D eigenvalue weighted by atomic mass is 9.97. The van der Waals surface area contributed by atoms with E-state index in [1.807, 2.05) is 27.7 Å². The van der Waals surface area contributed by atoms with E-state index in [1.165, 1.54) is 0 Å². The number of hydrogen-bond acceptors (Lipinski definition) is 5. The standard InChI is InChI=1S/C13H20O6/c1-7(2)5-11(8(3)4)19-13(18)10(15)6-9(14)12(16)17/h7-8,11H,5-6H2,1-4H3,(H,16,17). The van der Waals surface area contributed by atoms with E-state index in [1.54, 1.807) is 0 Å². The topological polar surface area (TPSA) is 97.7 Å². The highest BCUT2D eigenvalue weighted by molar-refractivity contribution is 6.45. The first kappa shape index (κ1) is 17.3. The van der Waals surface area contributed by atoms with Crippen molar-refractivity contribution in [1.29, 1.82) is 0 Å². The molecule has 0 saturated carbocycles. The van der Waals surface area contributed by atoms with Gasteiger partial charge in [0, 0.05) is 0 Å². The fourth-order valence-corrected chi connectivity index (χ4v) is 1.42. The second-order valence-corrected chi connectivity index (χ2v) is 5.15. The first-order valence-corrected chi connectivity index (χ1v) is 6.15. The van der Waals surface area contributed by atoms with Crippen LogP contribution in [0, 0.1) is 11.8 Å². The highest BCUT2D eigenvalue weighted by Gasteiger charge is 2.27. The Labute approximate surface area is 112 Å². The molecule has 19 heavy (non-hydrogen) atoms. The van der Waals surface area contributed by atoms with Gasteiger partial charge in [-0.05, 0) is 18.3 Å². The van der Waals surface area contributed by atoms with E-state index in [2.05, 4.69) is 0 Å². The summed E-state index contributed by atoms with van der Waals surface area (Å²) in [6, 6.07) is 0. The van der Waals surface area contributed by atoms with E-state index in [-0.39, 0.29) is 11.8 Å². The van der Waals surface area contributed by atoms with Gasteiger partial charge in [0.2, 0.25) is 11.6 Å². The summed E-state index contributed by atoms with van der Waals surface area (Å²) in [5.74, 6) is -4.99. The molecule has 1 atom stereocenters. The third-order valence-electron chi connectivity index (χ3n) is 2.49. The maximum Gasteiger partial charge on any atom is 0.375 e. The summed E-state index contributed by atoms with van der Waals surface area (Å²) < 4.78 is 5.03. The second-order valence-electron chi connectivity index (χ2n) is 5.15. The zero-order valence-electron chi connectivity index (χ0n) is 11.6. The maximum absolute atomic E-state index is 11.5. The van der Waals surface area contributed by atoms with Gasteiger partial charge < -0.3 is 9.84 Å². The SMILES string of the molecule is CC(C)CC(OC(=O)C(=O)CC(=O)C(=O)O)C(C)C. The number of Topliss-reactive ketones (excluding diaryl/α,β-unsaturated/α-hetero) is 2. The number of carboxylic acids is 1. The Morgan fingerprint density at radius 2 is 1.53 bits per heavy atom. The van der Waals surface area contributed by atoms with Crippen LogP contribution in [0.5, 0.6) is 0 Å². The third-order valence-corrected chi connectivity index (χ3v) is 2.49. The molecule has 0 saturated heterocycles. The van der Waals surface area contributed by atoms with Gasteiger partial charge in [0.15, 0.2) is 0 Å². The van der Waals surface area contributed by atoms with Gasteiger partial charge in [-0.3, -0.25) is 9.59 Å². The minimum absolute atomic E-state index is 0.0364. The van der Waals surface area contributed by atoms with E-state index >= 15 is 0 Å². The normalized spacial score (nSPS) is 12.3. The van der Waals surface area contributed by atoms with Gasteiger partial charge in [-0.2, -0.15) is 0 Å². The Morgan fingerprint density at radius 1 is 1.00 bits per heavy atom. The van der Waals surface area contributed by atoms with E-state index in [9.17, 15) is 19.2 Å². The summed E-state index contributed by atoms with van der Waals surface area (Å²) in [4.78, 5) is 43.9. The Kier molecular flexibility index (Phi) is 6.96. The zero-order chi connectivity index (χ0) is 15.2. The molecule has 6 heteroatoms. The largest absolute Gasteiger partial charge is 0.475 e. The van der Waals surface area contributed by atoms with Crippen LogP contribution in [0.15, 0.2) is 0 Å². The van der Waals surface area contributed by atoms with Crippen molar-refractivity contribution in [3.63, 3.8) is 0 Å². The summed E-state index contributed by atoms with van der Waals surface area (Å²) >= 11 is 0. The van der Waals surface area contributed by atoms with Crippen LogP contribution in [0.3, 0.4) is 0 Å². The zero-order valence-corrected chi connectivity index (χ0v) is 11.6. The molecule has 0 rings (SSSR count). The number of esters is 1. The van der Waals surface area contributed by atoms with Gasteiger partial charge in [0.25, 0.3) is 0 Å². The average molecular weight is 272 g/mol. The first-order valence-electron chi connectivity index (χ1n) is 6.15. The number of ether oxygens (including phenoxy) is 1. The summed E-state index contributed by atoms with van der Waals surface area (Å²) in [7, 11) is 0. The van der Waals surface area contributed by atoms with Crippen LogP contribution in [0.4, 0.5) is 0 Å². The lowest BCUT2D eigenvalue weighted by molar-refractivity contribution is -0.161. The smallest absolute Gasteiger partial charge is 0.375 e. The molecule has 0 aromatic rings. The monoisotopic (exact) mass is 272 g/mol. The Bertz CT molecular complexity index is 369. The fraction of sp³-hybridized carbons (Fsp3) is 0.692. The Balaban J connectivity index is 4.52. The minimum Gasteiger partial charge on any atom is -0.475 e. The molecule has 0 aromatic carbocycles.